The number of carbonyl (C=O) groups excluding carboxylic acids is 1. The molecule has 28 heavy (non-hydrogen) atoms. The minimum absolute atomic E-state index is 0.154. The lowest BCUT2D eigenvalue weighted by atomic mass is 10.2. The minimum Gasteiger partial charge on any atom is -0.497 e. The molecule has 4 rings (SSSR count). The van der Waals surface area contributed by atoms with Crippen LogP contribution >= 0.6 is 0 Å². The molecule has 4 aromatic rings. The van der Waals surface area contributed by atoms with Crippen molar-refractivity contribution in [2.24, 2.45) is 0 Å². The van der Waals surface area contributed by atoms with Gasteiger partial charge in [-0.15, -0.1) is 0 Å². The van der Waals surface area contributed by atoms with Gasteiger partial charge in [-0.3, -0.25) is 4.79 Å². The molecule has 7 nitrogen and oxygen atoms in total. The number of aromatic nitrogens is 3. The Kier molecular flexibility index (Phi) is 4.88. The number of rotatable bonds is 6. The minimum atomic E-state index is -0.205. The van der Waals surface area contributed by atoms with E-state index in [-0.39, 0.29) is 12.5 Å². The van der Waals surface area contributed by atoms with Gasteiger partial charge in [-0.25, -0.2) is 0 Å². The Hall–Kier alpha value is -3.87. The van der Waals surface area contributed by atoms with Crippen molar-refractivity contribution >= 4 is 5.91 Å². The maximum atomic E-state index is 12.3. The molecular weight excluding hydrogens is 356 g/mol. The van der Waals surface area contributed by atoms with Crippen LogP contribution < -0.4 is 10.1 Å². The Bertz CT molecular complexity index is 1050. The van der Waals surface area contributed by atoms with Crippen LogP contribution in [0.4, 0.5) is 0 Å². The van der Waals surface area contributed by atoms with E-state index in [1.54, 1.807) is 19.2 Å². The predicted molar refractivity (Wildman–Crippen MR) is 103 cm³/mol. The van der Waals surface area contributed by atoms with Crippen molar-refractivity contribution < 1.29 is 14.1 Å². The van der Waals surface area contributed by atoms with Crippen LogP contribution in [0.2, 0.25) is 0 Å². The summed E-state index contributed by atoms with van der Waals surface area (Å²) in [5.41, 5.74) is 2.36. The highest BCUT2D eigenvalue weighted by molar-refractivity contribution is 5.94. The van der Waals surface area contributed by atoms with Crippen molar-refractivity contribution in [2.45, 2.75) is 6.54 Å². The van der Waals surface area contributed by atoms with Crippen LogP contribution in [-0.2, 0) is 6.54 Å². The van der Waals surface area contributed by atoms with Crippen molar-refractivity contribution in [2.75, 3.05) is 7.11 Å². The molecule has 0 aliphatic rings. The molecule has 0 bridgehead atoms. The van der Waals surface area contributed by atoms with E-state index in [9.17, 15) is 4.79 Å². The van der Waals surface area contributed by atoms with Crippen molar-refractivity contribution in [3.8, 4) is 22.8 Å². The predicted octanol–water partition coefficient (Wildman–Crippen LogP) is 3.47. The standard InChI is InChI=1S/C21H18N4O3/c1-27-18-10-6-15(7-11-18)20-23-19(28-24-20)14-22-21(26)16-4-8-17(9-5-16)25-12-2-3-13-25/h2-13H,14H2,1H3,(H,22,26). The van der Waals surface area contributed by atoms with E-state index < -0.39 is 0 Å². The summed E-state index contributed by atoms with van der Waals surface area (Å²) < 4.78 is 12.3. The largest absolute Gasteiger partial charge is 0.497 e. The van der Waals surface area contributed by atoms with Gasteiger partial charge in [-0.1, -0.05) is 5.16 Å². The lowest BCUT2D eigenvalue weighted by Gasteiger charge is -2.05. The summed E-state index contributed by atoms with van der Waals surface area (Å²) in [6.45, 7) is 0.154. The van der Waals surface area contributed by atoms with Gasteiger partial charge < -0.3 is 19.1 Å². The second-order valence-electron chi connectivity index (χ2n) is 6.06. The molecule has 1 N–H and O–H groups in total. The average Bonchev–Trinajstić information content (AvgIpc) is 3.44. The summed E-state index contributed by atoms with van der Waals surface area (Å²) >= 11 is 0. The molecule has 0 radical (unpaired) electrons. The zero-order valence-electron chi connectivity index (χ0n) is 15.2. The first-order valence-electron chi connectivity index (χ1n) is 8.71. The summed E-state index contributed by atoms with van der Waals surface area (Å²) in [7, 11) is 1.61. The van der Waals surface area contributed by atoms with Crippen LogP contribution in [0, 0.1) is 0 Å². The summed E-state index contributed by atoms with van der Waals surface area (Å²) in [6, 6.07) is 18.6. The van der Waals surface area contributed by atoms with Gasteiger partial charge in [-0.2, -0.15) is 4.98 Å². The molecule has 7 heteroatoms. The molecular formula is C21H18N4O3. The third-order valence-corrected chi connectivity index (χ3v) is 4.25. The van der Waals surface area contributed by atoms with Crippen LogP contribution in [0.1, 0.15) is 16.2 Å². The zero-order chi connectivity index (χ0) is 19.3. The maximum absolute atomic E-state index is 12.3. The van der Waals surface area contributed by atoms with Crippen molar-refractivity contribution in [1.29, 1.82) is 0 Å². The molecule has 0 spiro atoms. The average molecular weight is 374 g/mol. The molecule has 0 atom stereocenters. The van der Waals surface area contributed by atoms with Gasteiger partial charge >= 0.3 is 0 Å². The fraction of sp³-hybridized carbons (Fsp3) is 0.0952. The topological polar surface area (TPSA) is 82.2 Å². The Labute approximate surface area is 161 Å². The second-order valence-corrected chi connectivity index (χ2v) is 6.06. The smallest absolute Gasteiger partial charge is 0.251 e. The number of amides is 1. The van der Waals surface area contributed by atoms with E-state index in [1.807, 2.05) is 65.5 Å². The highest BCUT2D eigenvalue weighted by atomic mass is 16.5. The van der Waals surface area contributed by atoms with Gasteiger partial charge in [-0.05, 0) is 60.7 Å². The monoisotopic (exact) mass is 374 g/mol. The number of hydrogen-bond donors (Lipinski definition) is 1. The third kappa shape index (κ3) is 3.78. The summed E-state index contributed by atoms with van der Waals surface area (Å²) in [4.78, 5) is 16.7. The summed E-state index contributed by atoms with van der Waals surface area (Å²) in [5.74, 6) is 1.34. The molecule has 0 aliphatic carbocycles. The second kappa shape index (κ2) is 7.79. The van der Waals surface area contributed by atoms with Gasteiger partial charge in [0.2, 0.25) is 11.7 Å². The molecule has 2 heterocycles. The number of ether oxygens (including phenoxy) is 1. The number of nitrogens with zero attached hydrogens (tertiary/aromatic N) is 3. The van der Waals surface area contributed by atoms with E-state index in [1.165, 1.54) is 0 Å². The third-order valence-electron chi connectivity index (χ3n) is 4.25. The van der Waals surface area contributed by atoms with Crippen LogP contribution in [-0.4, -0.2) is 27.7 Å². The first-order valence-corrected chi connectivity index (χ1v) is 8.71. The molecule has 140 valence electrons. The molecule has 0 saturated carbocycles. The van der Waals surface area contributed by atoms with E-state index in [2.05, 4.69) is 15.5 Å². The molecule has 1 amide bonds. The van der Waals surface area contributed by atoms with Crippen molar-refractivity contribution in [3.05, 3.63) is 84.5 Å². The summed E-state index contributed by atoms with van der Waals surface area (Å²) in [6.07, 6.45) is 3.90. The van der Waals surface area contributed by atoms with Crippen molar-refractivity contribution in [3.63, 3.8) is 0 Å². The maximum Gasteiger partial charge on any atom is 0.251 e. The fourth-order valence-electron chi connectivity index (χ4n) is 2.73. The quantitative estimate of drug-likeness (QED) is 0.559. The Morgan fingerprint density at radius 2 is 1.79 bits per heavy atom. The van der Waals surface area contributed by atoms with Crippen LogP contribution in [0.15, 0.2) is 77.6 Å². The summed E-state index contributed by atoms with van der Waals surface area (Å²) in [5, 5.41) is 6.74. The number of methoxy groups -OCH3 is 1. The molecule has 0 saturated heterocycles. The number of nitrogens with one attached hydrogen (secondary N) is 1. The molecule has 0 fully saturated rings. The highest BCUT2D eigenvalue weighted by Gasteiger charge is 2.11. The Morgan fingerprint density at radius 3 is 2.46 bits per heavy atom. The van der Waals surface area contributed by atoms with E-state index in [0.29, 0.717) is 17.3 Å². The van der Waals surface area contributed by atoms with Crippen LogP contribution in [0.5, 0.6) is 5.75 Å². The lowest BCUT2D eigenvalue weighted by molar-refractivity contribution is 0.0946. The first kappa shape index (κ1) is 17.5. The van der Waals surface area contributed by atoms with Crippen LogP contribution in [0.3, 0.4) is 0 Å². The normalized spacial score (nSPS) is 10.6. The number of benzene rings is 2. The molecule has 0 aliphatic heterocycles. The van der Waals surface area contributed by atoms with Crippen LogP contribution in [0.25, 0.3) is 17.1 Å². The SMILES string of the molecule is COc1ccc(-c2noc(CNC(=O)c3ccc(-n4cccc4)cc3)n2)cc1. The Morgan fingerprint density at radius 1 is 1.07 bits per heavy atom. The zero-order valence-corrected chi connectivity index (χ0v) is 15.2. The molecule has 0 unspecified atom stereocenters. The molecule has 2 aromatic heterocycles. The van der Waals surface area contributed by atoms with Gasteiger partial charge in [0.05, 0.1) is 13.7 Å². The van der Waals surface area contributed by atoms with E-state index in [0.717, 1.165) is 17.0 Å². The van der Waals surface area contributed by atoms with Gasteiger partial charge in [0.15, 0.2) is 0 Å². The number of hydrogen-bond acceptors (Lipinski definition) is 5. The van der Waals surface area contributed by atoms with Crippen molar-refractivity contribution in [1.82, 2.24) is 20.0 Å². The number of carbonyl (C=O) groups is 1. The fourth-order valence-corrected chi connectivity index (χ4v) is 2.73. The van der Waals surface area contributed by atoms with Gasteiger partial charge in [0, 0.05) is 29.2 Å². The van der Waals surface area contributed by atoms with Gasteiger partial charge in [0.1, 0.15) is 5.75 Å². The van der Waals surface area contributed by atoms with Gasteiger partial charge in [0.25, 0.3) is 5.91 Å². The first-order chi connectivity index (χ1) is 13.7. The van der Waals surface area contributed by atoms with E-state index in [4.69, 9.17) is 9.26 Å². The molecule has 2 aromatic carbocycles. The van der Waals surface area contributed by atoms with E-state index >= 15 is 0 Å². The highest BCUT2D eigenvalue weighted by Crippen LogP contribution is 2.19. The lowest BCUT2D eigenvalue weighted by Crippen LogP contribution is -2.22. The Balaban J connectivity index is 1.37.